The molecule has 3 nitrogen and oxygen atoms in total. The normalized spacial score (nSPS) is 18.1. The summed E-state index contributed by atoms with van der Waals surface area (Å²) in [5.41, 5.74) is 2.46. The van der Waals surface area contributed by atoms with Gasteiger partial charge >= 0.3 is 0 Å². The van der Waals surface area contributed by atoms with Gasteiger partial charge in [0.1, 0.15) is 0 Å². The summed E-state index contributed by atoms with van der Waals surface area (Å²) in [6.45, 7) is 6.52. The zero-order valence-electron chi connectivity index (χ0n) is 12.9. The Hall–Kier alpha value is -0.750. The van der Waals surface area contributed by atoms with Crippen molar-refractivity contribution in [2.24, 2.45) is 0 Å². The molecule has 0 bridgehead atoms. The summed E-state index contributed by atoms with van der Waals surface area (Å²) < 4.78 is 1.19. The minimum Gasteiger partial charge on any atom is -0.315 e. The van der Waals surface area contributed by atoms with E-state index >= 15 is 0 Å². The zero-order chi connectivity index (χ0) is 15.4. The molecule has 1 aliphatic heterocycles. The quantitative estimate of drug-likeness (QED) is 0.873. The van der Waals surface area contributed by atoms with E-state index in [9.17, 15) is 0 Å². The first-order valence-electron chi connectivity index (χ1n) is 7.92. The Morgan fingerprint density at radius 3 is 2.86 bits per heavy atom. The fraction of sp³-hybridized carbons (Fsp3) is 0.471. The van der Waals surface area contributed by atoms with Crippen LogP contribution in [0.15, 0.2) is 34.2 Å². The molecule has 1 atom stereocenters. The second-order valence-corrected chi connectivity index (χ2v) is 8.12. The van der Waals surface area contributed by atoms with E-state index in [1.54, 1.807) is 0 Å². The molecule has 0 saturated carbocycles. The molecule has 5 heteroatoms. The van der Waals surface area contributed by atoms with Gasteiger partial charge in [-0.2, -0.15) is 0 Å². The molecule has 1 N–H and O–H groups in total. The van der Waals surface area contributed by atoms with Crippen molar-refractivity contribution in [3.05, 3.63) is 50.4 Å². The third-order valence-corrected chi connectivity index (χ3v) is 5.82. The average molecular weight is 380 g/mol. The highest BCUT2D eigenvalue weighted by molar-refractivity contribution is 9.11. The van der Waals surface area contributed by atoms with Gasteiger partial charge in [-0.1, -0.05) is 13.0 Å². The molecule has 0 radical (unpaired) electrons. The number of aryl methyl sites for hydroxylation is 1. The molecule has 1 saturated heterocycles. The van der Waals surface area contributed by atoms with Crippen molar-refractivity contribution in [3.63, 3.8) is 0 Å². The molecule has 22 heavy (non-hydrogen) atoms. The van der Waals surface area contributed by atoms with Gasteiger partial charge in [0, 0.05) is 30.7 Å². The fourth-order valence-corrected chi connectivity index (χ4v) is 4.49. The molecule has 2 aromatic rings. The van der Waals surface area contributed by atoms with Gasteiger partial charge in [-0.15, -0.1) is 11.3 Å². The highest BCUT2D eigenvalue weighted by Crippen LogP contribution is 2.34. The molecule has 0 spiro atoms. The zero-order valence-corrected chi connectivity index (χ0v) is 15.3. The van der Waals surface area contributed by atoms with E-state index < -0.39 is 0 Å². The number of nitrogens with zero attached hydrogens (tertiary/aromatic N) is 2. The van der Waals surface area contributed by atoms with Crippen molar-refractivity contribution in [2.75, 3.05) is 26.2 Å². The largest absolute Gasteiger partial charge is 0.315 e. The van der Waals surface area contributed by atoms with E-state index in [1.165, 1.54) is 20.6 Å². The third kappa shape index (κ3) is 3.77. The van der Waals surface area contributed by atoms with Crippen LogP contribution in [0.25, 0.3) is 0 Å². The van der Waals surface area contributed by atoms with Crippen LogP contribution in [-0.4, -0.2) is 36.1 Å². The molecular formula is C17H22BrN3S. The van der Waals surface area contributed by atoms with Crippen molar-refractivity contribution in [3.8, 4) is 0 Å². The number of hydrogen-bond acceptors (Lipinski definition) is 4. The smallest absolute Gasteiger partial charge is 0.0870 e. The van der Waals surface area contributed by atoms with Crippen molar-refractivity contribution in [1.82, 2.24) is 15.2 Å². The molecule has 2 aromatic heterocycles. The highest BCUT2D eigenvalue weighted by atomic mass is 79.9. The lowest BCUT2D eigenvalue weighted by molar-refractivity contribution is 0.240. The standard InChI is InChI=1S/C17H22BrN3S/c1-2-13-4-5-14(20-12-13)17(15-6-7-16(18)22-15)21-10-3-8-19-9-11-21/h4-7,12,17,19H,2-3,8-11H2,1H3. The van der Waals surface area contributed by atoms with E-state index in [0.29, 0.717) is 0 Å². The van der Waals surface area contributed by atoms with Gasteiger partial charge in [-0.05, 0) is 59.1 Å². The van der Waals surface area contributed by atoms with Crippen LogP contribution in [0.2, 0.25) is 0 Å². The van der Waals surface area contributed by atoms with Crippen molar-refractivity contribution < 1.29 is 0 Å². The highest BCUT2D eigenvalue weighted by Gasteiger charge is 2.25. The summed E-state index contributed by atoms with van der Waals surface area (Å²) in [5.74, 6) is 0. The van der Waals surface area contributed by atoms with Gasteiger partial charge in [0.2, 0.25) is 0 Å². The Morgan fingerprint density at radius 2 is 2.18 bits per heavy atom. The number of pyridine rings is 1. The summed E-state index contributed by atoms with van der Waals surface area (Å²) >= 11 is 5.42. The number of thiophene rings is 1. The summed E-state index contributed by atoms with van der Waals surface area (Å²) in [6.07, 6.45) is 4.26. The summed E-state index contributed by atoms with van der Waals surface area (Å²) in [5, 5.41) is 3.49. The van der Waals surface area contributed by atoms with Gasteiger partial charge in [0.15, 0.2) is 0 Å². The maximum atomic E-state index is 4.77. The van der Waals surface area contributed by atoms with Crippen LogP contribution in [0.1, 0.15) is 35.5 Å². The maximum Gasteiger partial charge on any atom is 0.0870 e. The second-order valence-electron chi connectivity index (χ2n) is 5.63. The Balaban J connectivity index is 1.93. The molecule has 0 amide bonds. The van der Waals surface area contributed by atoms with Crippen molar-refractivity contribution in [1.29, 1.82) is 0 Å². The molecule has 118 valence electrons. The van der Waals surface area contributed by atoms with Crippen LogP contribution in [0.4, 0.5) is 0 Å². The lowest BCUT2D eigenvalue weighted by Gasteiger charge is -2.29. The van der Waals surface area contributed by atoms with Crippen LogP contribution in [0.5, 0.6) is 0 Å². The van der Waals surface area contributed by atoms with E-state index in [2.05, 4.69) is 57.3 Å². The number of nitrogens with one attached hydrogen (secondary N) is 1. The Labute approximate surface area is 144 Å². The van der Waals surface area contributed by atoms with Gasteiger partial charge in [-0.3, -0.25) is 9.88 Å². The average Bonchev–Trinajstić information content (AvgIpc) is 2.80. The van der Waals surface area contributed by atoms with Crippen molar-refractivity contribution >= 4 is 27.3 Å². The van der Waals surface area contributed by atoms with Gasteiger partial charge in [-0.25, -0.2) is 0 Å². The van der Waals surface area contributed by atoms with Crippen LogP contribution in [-0.2, 0) is 6.42 Å². The van der Waals surface area contributed by atoms with Crippen LogP contribution >= 0.6 is 27.3 Å². The topological polar surface area (TPSA) is 28.2 Å². The minimum atomic E-state index is 0.266. The Kier molecular flexibility index (Phi) is 5.63. The van der Waals surface area contributed by atoms with Crippen LogP contribution < -0.4 is 5.32 Å². The number of rotatable bonds is 4. The molecule has 1 aliphatic rings. The summed E-state index contributed by atoms with van der Waals surface area (Å²) in [4.78, 5) is 8.70. The lowest BCUT2D eigenvalue weighted by Crippen LogP contribution is -2.33. The van der Waals surface area contributed by atoms with Crippen molar-refractivity contribution in [2.45, 2.75) is 25.8 Å². The van der Waals surface area contributed by atoms with Crippen LogP contribution in [0, 0.1) is 0 Å². The predicted octanol–water partition coefficient (Wildman–Crippen LogP) is 3.85. The lowest BCUT2D eigenvalue weighted by atomic mass is 10.1. The Morgan fingerprint density at radius 1 is 1.27 bits per heavy atom. The molecule has 3 heterocycles. The number of aromatic nitrogens is 1. The number of hydrogen-bond donors (Lipinski definition) is 1. The first-order valence-corrected chi connectivity index (χ1v) is 9.53. The van der Waals surface area contributed by atoms with Crippen LogP contribution in [0.3, 0.4) is 0 Å². The Bertz CT molecular complexity index is 588. The molecule has 1 unspecified atom stereocenters. The van der Waals surface area contributed by atoms with E-state index in [-0.39, 0.29) is 6.04 Å². The van der Waals surface area contributed by atoms with E-state index in [4.69, 9.17) is 4.98 Å². The molecule has 0 aliphatic carbocycles. The SMILES string of the molecule is CCc1ccc(C(c2ccc(Br)s2)N2CCCNCC2)nc1. The molecule has 0 aromatic carbocycles. The van der Waals surface area contributed by atoms with E-state index in [1.807, 2.05) is 17.5 Å². The molecular weight excluding hydrogens is 358 g/mol. The van der Waals surface area contributed by atoms with E-state index in [0.717, 1.165) is 38.3 Å². The molecule has 3 rings (SSSR count). The molecule has 1 fully saturated rings. The monoisotopic (exact) mass is 379 g/mol. The first kappa shape index (κ1) is 16.1. The third-order valence-electron chi connectivity index (χ3n) is 4.14. The summed E-state index contributed by atoms with van der Waals surface area (Å²) in [6, 6.07) is 9.06. The predicted molar refractivity (Wildman–Crippen MR) is 96.5 cm³/mol. The van der Waals surface area contributed by atoms with Gasteiger partial charge < -0.3 is 5.32 Å². The summed E-state index contributed by atoms with van der Waals surface area (Å²) in [7, 11) is 0. The van der Waals surface area contributed by atoms with Gasteiger partial charge in [0.05, 0.1) is 15.5 Å². The maximum absolute atomic E-state index is 4.77. The first-order chi connectivity index (χ1) is 10.8. The number of halogens is 1. The van der Waals surface area contributed by atoms with Gasteiger partial charge in [0.25, 0.3) is 0 Å². The minimum absolute atomic E-state index is 0.266. The second kappa shape index (κ2) is 7.68. The fourth-order valence-electron chi connectivity index (χ4n) is 2.92.